The van der Waals surface area contributed by atoms with E-state index in [1.54, 1.807) is 12.1 Å². The van der Waals surface area contributed by atoms with Crippen molar-refractivity contribution >= 4 is 0 Å². The van der Waals surface area contributed by atoms with Gasteiger partial charge in [0, 0.05) is 31.7 Å². The zero-order valence-electron chi connectivity index (χ0n) is 14.7. The Morgan fingerprint density at radius 3 is 2.48 bits per heavy atom. The molecule has 1 aliphatic heterocycles. The second-order valence-electron chi connectivity index (χ2n) is 6.57. The van der Waals surface area contributed by atoms with E-state index in [2.05, 4.69) is 22.3 Å². The van der Waals surface area contributed by atoms with Crippen molar-refractivity contribution in [2.75, 3.05) is 32.7 Å². The lowest BCUT2D eigenvalue weighted by Gasteiger charge is -2.27. The van der Waals surface area contributed by atoms with Gasteiger partial charge in [-0.3, -0.25) is 0 Å². The number of nitrogens with zero attached hydrogens (tertiary/aromatic N) is 1. The molecule has 0 unspecified atom stereocenters. The maximum absolute atomic E-state index is 13.6. The van der Waals surface area contributed by atoms with Crippen LogP contribution in [0.25, 0.3) is 0 Å². The van der Waals surface area contributed by atoms with Crippen LogP contribution >= 0.6 is 0 Å². The number of rotatable bonds is 8. The first-order valence-electron chi connectivity index (χ1n) is 9.19. The van der Waals surface area contributed by atoms with Crippen LogP contribution in [0, 0.1) is 5.82 Å². The first-order valence-corrected chi connectivity index (χ1v) is 9.19. The van der Waals surface area contributed by atoms with Crippen LogP contribution in [-0.2, 0) is 13.0 Å². The molecule has 3 nitrogen and oxygen atoms in total. The summed E-state index contributed by atoms with van der Waals surface area (Å²) in [6.07, 6.45) is 3.55. The fraction of sp³-hybridized carbons (Fsp3) is 0.429. The fourth-order valence-corrected chi connectivity index (χ4v) is 3.13. The first kappa shape index (κ1) is 17.9. The Balaban J connectivity index is 1.37. The van der Waals surface area contributed by atoms with Gasteiger partial charge in [0.15, 0.2) is 0 Å². The number of ether oxygens (including phenoxy) is 1. The molecule has 1 N–H and O–H groups in total. The van der Waals surface area contributed by atoms with Crippen LogP contribution < -0.4 is 10.1 Å². The molecule has 4 heteroatoms. The standard InChI is InChI=1S/C21H27FN2O/c22-21-7-2-1-6-19(21)17-25-20-10-8-18(9-11-20)5-3-4-14-24-15-12-23-13-16-24/h1-2,6-11,23H,3-5,12-17H2. The highest BCUT2D eigenvalue weighted by atomic mass is 19.1. The van der Waals surface area contributed by atoms with Gasteiger partial charge in [0.25, 0.3) is 0 Å². The van der Waals surface area contributed by atoms with E-state index in [1.807, 2.05) is 18.2 Å². The van der Waals surface area contributed by atoms with Crippen LogP contribution in [0.15, 0.2) is 48.5 Å². The van der Waals surface area contributed by atoms with E-state index in [0.717, 1.165) is 25.3 Å². The minimum Gasteiger partial charge on any atom is -0.489 e. The molecule has 0 amide bonds. The van der Waals surface area contributed by atoms with E-state index in [-0.39, 0.29) is 12.4 Å². The Kier molecular flexibility index (Phi) is 6.83. The zero-order chi connectivity index (χ0) is 17.3. The number of aryl methyl sites for hydroxylation is 1. The topological polar surface area (TPSA) is 24.5 Å². The van der Waals surface area contributed by atoms with Gasteiger partial charge in [-0.05, 0) is 49.6 Å². The van der Waals surface area contributed by atoms with Gasteiger partial charge in [-0.25, -0.2) is 4.39 Å². The molecule has 1 aliphatic rings. The Labute approximate surface area is 149 Å². The summed E-state index contributed by atoms with van der Waals surface area (Å²) in [5, 5.41) is 3.39. The van der Waals surface area contributed by atoms with E-state index >= 15 is 0 Å². The molecule has 1 fully saturated rings. The van der Waals surface area contributed by atoms with Crippen molar-refractivity contribution in [2.45, 2.75) is 25.9 Å². The molecule has 0 radical (unpaired) electrons. The van der Waals surface area contributed by atoms with Crippen molar-refractivity contribution in [1.82, 2.24) is 10.2 Å². The average molecular weight is 342 g/mol. The third-order valence-electron chi connectivity index (χ3n) is 4.67. The van der Waals surface area contributed by atoms with Crippen molar-refractivity contribution < 1.29 is 9.13 Å². The predicted molar refractivity (Wildman–Crippen MR) is 99.4 cm³/mol. The molecule has 134 valence electrons. The number of piperazine rings is 1. The van der Waals surface area contributed by atoms with Gasteiger partial charge >= 0.3 is 0 Å². The Morgan fingerprint density at radius 1 is 0.960 bits per heavy atom. The highest BCUT2D eigenvalue weighted by Crippen LogP contribution is 2.16. The van der Waals surface area contributed by atoms with Crippen molar-refractivity contribution in [3.8, 4) is 5.75 Å². The molecule has 0 aromatic heterocycles. The summed E-state index contributed by atoms with van der Waals surface area (Å²) in [5.74, 6) is 0.566. The summed E-state index contributed by atoms with van der Waals surface area (Å²) in [7, 11) is 0. The Hall–Kier alpha value is -1.91. The summed E-state index contributed by atoms with van der Waals surface area (Å²) in [4.78, 5) is 2.54. The number of unbranched alkanes of at least 4 members (excludes halogenated alkanes) is 1. The zero-order valence-corrected chi connectivity index (χ0v) is 14.7. The number of benzene rings is 2. The summed E-state index contributed by atoms with van der Waals surface area (Å²) >= 11 is 0. The van der Waals surface area contributed by atoms with Gasteiger partial charge in [0.1, 0.15) is 18.2 Å². The van der Waals surface area contributed by atoms with Gasteiger partial charge in [-0.15, -0.1) is 0 Å². The molecule has 2 aromatic carbocycles. The van der Waals surface area contributed by atoms with Crippen molar-refractivity contribution in [3.63, 3.8) is 0 Å². The van der Waals surface area contributed by atoms with Crippen molar-refractivity contribution in [2.24, 2.45) is 0 Å². The quantitative estimate of drug-likeness (QED) is 0.742. The number of nitrogens with one attached hydrogen (secondary N) is 1. The minimum atomic E-state index is -0.219. The second kappa shape index (κ2) is 9.54. The average Bonchev–Trinajstić information content (AvgIpc) is 2.66. The molecular weight excluding hydrogens is 315 g/mol. The van der Waals surface area contributed by atoms with E-state index in [9.17, 15) is 4.39 Å². The van der Waals surface area contributed by atoms with Crippen molar-refractivity contribution in [3.05, 3.63) is 65.5 Å². The number of hydrogen-bond acceptors (Lipinski definition) is 3. The Morgan fingerprint density at radius 2 is 1.72 bits per heavy atom. The van der Waals surface area contributed by atoms with Crippen LogP contribution in [0.1, 0.15) is 24.0 Å². The second-order valence-corrected chi connectivity index (χ2v) is 6.57. The van der Waals surface area contributed by atoms with Gasteiger partial charge in [-0.1, -0.05) is 30.3 Å². The fourth-order valence-electron chi connectivity index (χ4n) is 3.13. The summed E-state index contributed by atoms with van der Waals surface area (Å²) in [5.41, 5.74) is 1.91. The molecular formula is C21H27FN2O. The molecule has 1 heterocycles. The molecule has 0 bridgehead atoms. The molecule has 0 aliphatic carbocycles. The minimum absolute atomic E-state index is 0.219. The monoisotopic (exact) mass is 342 g/mol. The lowest BCUT2D eigenvalue weighted by Crippen LogP contribution is -2.43. The van der Waals surface area contributed by atoms with Gasteiger partial charge in [0.05, 0.1) is 0 Å². The van der Waals surface area contributed by atoms with E-state index in [0.29, 0.717) is 5.56 Å². The molecule has 2 aromatic rings. The lowest BCUT2D eigenvalue weighted by molar-refractivity contribution is 0.237. The third kappa shape index (κ3) is 5.83. The first-order chi connectivity index (χ1) is 12.3. The van der Waals surface area contributed by atoms with Crippen LogP contribution in [0.2, 0.25) is 0 Å². The maximum Gasteiger partial charge on any atom is 0.129 e. The van der Waals surface area contributed by atoms with Gasteiger partial charge in [0.2, 0.25) is 0 Å². The smallest absolute Gasteiger partial charge is 0.129 e. The molecule has 3 rings (SSSR count). The van der Waals surface area contributed by atoms with E-state index in [1.165, 1.54) is 44.1 Å². The highest BCUT2D eigenvalue weighted by Gasteiger charge is 2.08. The molecule has 0 saturated carbocycles. The highest BCUT2D eigenvalue weighted by molar-refractivity contribution is 5.28. The van der Waals surface area contributed by atoms with Crippen molar-refractivity contribution in [1.29, 1.82) is 0 Å². The normalized spacial score (nSPS) is 15.2. The number of halogens is 1. The largest absolute Gasteiger partial charge is 0.489 e. The maximum atomic E-state index is 13.6. The third-order valence-corrected chi connectivity index (χ3v) is 4.67. The summed E-state index contributed by atoms with van der Waals surface area (Å²) in [6.45, 7) is 6.05. The van der Waals surface area contributed by atoms with Crippen LogP contribution in [0.5, 0.6) is 5.75 Å². The van der Waals surface area contributed by atoms with Gasteiger partial charge < -0.3 is 15.0 Å². The van der Waals surface area contributed by atoms with Crippen LogP contribution in [-0.4, -0.2) is 37.6 Å². The van der Waals surface area contributed by atoms with E-state index in [4.69, 9.17) is 4.74 Å². The molecule has 0 spiro atoms. The number of hydrogen-bond donors (Lipinski definition) is 1. The Bertz CT molecular complexity index is 639. The molecule has 0 atom stereocenters. The summed E-state index contributed by atoms with van der Waals surface area (Å²) in [6, 6.07) is 14.9. The van der Waals surface area contributed by atoms with E-state index < -0.39 is 0 Å². The molecule has 25 heavy (non-hydrogen) atoms. The van der Waals surface area contributed by atoms with Crippen LogP contribution in [0.4, 0.5) is 4.39 Å². The predicted octanol–water partition coefficient (Wildman–Crippen LogP) is 3.63. The van der Waals surface area contributed by atoms with Crippen LogP contribution in [0.3, 0.4) is 0 Å². The lowest BCUT2D eigenvalue weighted by atomic mass is 10.1. The van der Waals surface area contributed by atoms with Gasteiger partial charge in [-0.2, -0.15) is 0 Å². The SMILES string of the molecule is Fc1ccccc1COc1ccc(CCCCN2CCNCC2)cc1. The molecule has 1 saturated heterocycles. The summed E-state index contributed by atoms with van der Waals surface area (Å²) < 4.78 is 19.3.